The zero-order chi connectivity index (χ0) is 65.6. The number of hydrogen-bond donors (Lipinski definition) is 3. The maximum Gasteiger partial charge on any atom is 0.231 e. The molecular weight excluding hydrogens is 1200 g/mol. The van der Waals surface area contributed by atoms with E-state index in [1.54, 1.807) is 66.6 Å². The molecule has 3 heterocycles. The number of nitrogens with zero attached hydrogens (tertiary/aromatic N) is 8. The summed E-state index contributed by atoms with van der Waals surface area (Å²) >= 11 is 6.12. The number of carbonyl (C=O) groups is 1. The molecule has 6 aromatic carbocycles. The highest BCUT2D eigenvalue weighted by Crippen LogP contribution is 2.66. The summed E-state index contributed by atoms with van der Waals surface area (Å²) in [7, 11) is 10.4. The van der Waals surface area contributed by atoms with Crippen LogP contribution in [0.1, 0.15) is 122 Å². The number of hydrogen-bond acceptors (Lipinski definition) is 16. The molecule has 0 bridgehead atoms. The van der Waals surface area contributed by atoms with Crippen LogP contribution in [-0.2, 0) is 64.9 Å². The Morgan fingerprint density at radius 2 is 1.03 bits per heavy atom. The van der Waals surface area contributed by atoms with Gasteiger partial charge in [-0.05, 0) is 207 Å². The van der Waals surface area contributed by atoms with Crippen LogP contribution in [0.5, 0.6) is 0 Å². The molecule has 17 nitrogen and oxygen atoms in total. The standard InChI is InChI=1S/C25H27ClFN3O2.C24H25FN4O.C24H26N4O3/c1-30-22(31)14-25(29-23(30)28)21-11-15(17-9-18(26)12-19(27)10-17)3-4-16(21)13-24(25)7-5-20(32-2)6-8-24;1-22(25)8-10-23(11-9-22)14-19-7-6-18(17-5-3-4-16(12-17)15-26)13-20(19)24(23)28-21(27)29(2)30-24;1-28-22(26)27-24(31-28)19-10-17(16-6-4-5-15(9-16)14-25)7-8-18(19)11-23(24)12-20(29-2)21(13-23)30-3/h3-4,9-12,20H,5-8,13-14H2,1-2H3,(H2,28,29);3-7,12-13H,8-11,14H2,1-2H3,(H2,27,28);4-10,20-21H,11-13H2,1-3H3,(H2,26,27). The first-order chi connectivity index (χ1) is 44.5. The lowest BCUT2D eigenvalue weighted by Gasteiger charge is -2.49. The lowest BCUT2D eigenvalue weighted by Crippen LogP contribution is -2.54. The number of benzene rings is 6. The summed E-state index contributed by atoms with van der Waals surface area (Å²) in [4.78, 5) is 42.1. The summed E-state index contributed by atoms with van der Waals surface area (Å²) in [5.74, 6) is 0.541. The Labute approximate surface area is 546 Å². The Balaban J connectivity index is 0.000000127. The van der Waals surface area contributed by atoms with Crippen molar-refractivity contribution in [2.24, 2.45) is 48.4 Å². The Kier molecular flexibility index (Phi) is 16.1. The zero-order valence-electron chi connectivity index (χ0n) is 53.6. The summed E-state index contributed by atoms with van der Waals surface area (Å²) in [6.07, 6.45) is 10.5. The van der Waals surface area contributed by atoms with E-state index in [0.717, 1.165) is 102 Å². The van der Waals surface area contributed by atoms with E-state index in [0.29, 0.717) is 59.3 Å². The fourth-order valence-electron chi connectivity index (χ4n) is 17.0. The van der Waals surface area contributed by atoms with Crippen molar-refractivity contribution in [2.45, 2.75) is 138 Å². The molecule has 0 aromatic heterocycles. The maximum atomic E-state index is 14.7. The number of ether oxygens (including phenoxy) is 3. The van der Waals surface area contributed by atoms with Gasteiger partial charge in [-0.1, -0.05) is 72.3 Å². The summed E-state index contributed by atoms with van der Waals surface area (Å²) in [6.45, 7) is 1.69. The van der Waals surface area contributed by atoms with Crippen LogP contribution < -0.4 is 17.2 Å². The molecule has 0 radical (unpaired) electrons. The second-order valence-corrected chi connectivity index (χ2v) is 27.6. The number of methoxy groups -OCH3 is 3. The van der Waals surface area contributed by atoms with Crippen LogP contribution in [0, 0.1) is 44.7 Å². The van der Waals surface area contributed by atoms with Crippen molar-refractivity contribution < 1.29 is 37.5 Å². The molecule has 6 N–H and O–H groups in total. The first-order valence-electron chi connectivity index (χ1n) is 31.8. The van der Waals surface area contributed by atoms with Crippen LogP contribution >= 0.6 is 11.6 Å². The lowest BCUT2D eigenvalue weighted by atomic mass is 9.60. The van der Waals surface area contributed by atoms with Crippen LogP contribution in [0.3, 0.4) is 0 Å². The number of nitriles is 2. The fraction of sp³-hybridized carbons (Fsp3) is 0.425. The molecule has 9 aliphatic rings. The molecule has 1 amide bonds. The number of nitrogens with two attached hydrogens (primary N) is 3. The van der Waals surface area contributed by atoms with E-state index in [1.165, 1.54) is 38.8 Å². The third-order valence-electron chi connectivity index (χ3n) is 22.1. The van der Waals surface area contributed by atoms with Gasteiger partial charge in [-0.2, -0.15) is 10.5 Å². The molecule has 5 unspecified atom stereocenters. The van der Waals surface area contributed by atoms with Crippen LogP contribution in [0.25, 0.3) is 33.4 Å². The van der Waals surface area contributed by atoms with Crippen molar-refractivity contribution in [3.8, 4) is 45.5 Å². The Hall–Kier alpha value is -8.27. The third kappa shape index (κ3) is 10.5. The minimum atomic E-state index is -1.15. The minimum absolute atomic E-state index is 0.0298. The molecule has 6 spiro atoms. The monoisotopic (exact) mass is 1280 g/mol. The molecule has 482 valence electrons. The van der Waals surface area contributed by atoms with Crippen molar-refractivity contribution in [1.29, 1.82) is 10.5 Å². The minimum Gasteiger partial charge on any atom is -0.381 e. The molecule has 3 saturated carbocycles. The van der Waals surface area contributed by atoms with E-state index >= 15 is 0 Å². The van der Waals surface area contributed by atoms with Crippen molar-refractivity contribution >= 4 is 35.4 Å². The van der Waals surface area contributed by atoms with E-state index in [4.69, 9.17) is 67.7 Å². The number of halogens is 3. The molecule has 20 heteroatoms. The molecule has 3 fully saturated rings. The maximum absolute atomic E-state index is 14.7. The largest absolute Gasteiger partial charge is 0.381 e. The second-order valence-electron chi connectivity index (χ2n) is 27.2. The van der Waals surface area contributed by atoms with E-state index in [2.05, 4.69) is 60.7 Å². The molecule has 6 aliphatic carbocycles. The van der Waals surface area contributed by atoms with Gasteiger partial charge in [0.15, 0.2) is 5.96 Å². The van der Waals surface area contributed by atoms with Gasteiger partial charge in [0.1, 0.15) is 17.0 Å². The third-order valence-corrected chi connectivity index (χ3v) is 22.3. The molecule has 6 aromatic rings. The number of alkyl halides is 1. The average Bonchev–Trinajstić information content (AvgIpc) is 1.58. The zero-order valence-corrected chi connectivity index (χ0v) is 54.3. The first-order valence-corrected chi connectivity index (χ1v) is 32.2. The average molecular weight is 1280 g/mol. The van der Waals surface area contributed by atoms with Gasteiger partial charge in [-0.3, -0.25) is 9.69 Å². The number of hydroxylamine groups is 4. The lowest BCUT2D eigenvalue weighted by molar-refractivity contribution is -0.232. The normalized spacial score (nSPS) is 31.0. The quantitative estimate of drug-likeness (QED) is 0.141. The van der Waals surface area contributed by atoms with E-state index in [1.807, 2.05) is 48.5 Å². The van der Waals surface area contributed by atoms with Crippen molar-refractivity contribution in [3.63, 3.8) is 0 Å². The summed E-state index contributed by atoms with van der Waals surface area (Å²) in [5, 5.41) is 22.0. The number of carbonyl (C=O) groups excluding carboxylic acids is 1. The van der Waals surface area contributed by atoms with Crippen LogP contribution in [0.4, 0.5) is 8.78 Å². The van der Waals surface area contributed by atoms with Crippen LogP contribution in [-0.4, -0.2) is 105 Å². The number of amides is 1. The molecule has 15 rings (SSSR count). The van der Waals surface area contributed by atoms with Crippen LogP contribution in [0.15, 0.2) is 136 Å². The van der Waals surface area contributed by atoms with Gasteiger partial charge in [0.2, 0.25) is 29.3 Å². The second kappa shape index (κ2) is 23.6. The highest BCUT2D eigenvalue weighted by molar-refractivity contribution is 6.30. The Morgan fingerprint density at radius 3 is 1.51 bits per heavy atom. The van der Waals surface area contributed by atoms with Crippen LogP contribution in [0.2, 0.25) is 5.02 Å². The van der Waals surface area contributed by atoms with Gasteiger partial charge in [-0.15, -0.1) is 0 Å². The molecule has 5 atom stereocenters. The fourth-order valence-corrected chi connectivity index (χ4v) is 17.2. The van der Waals surface area contributed by atoms with Gasteiger partial charge in [0.25, 0.3) is 0 Å². The topological polar surface area (TPSA) is 236 Å². The number of aliphatic imine (C=N–C) groups is 3. The number of fused-ring (bicyclic) bond motifs is 9. The SMILES string of the molecule is CN1OC2(N=C1N)c1cc(-c3cccc(C#N)c3)ccc1CC21CCC(C)(F)CC1.COC1CC2(Cc3ccc(-c4cccc(C#N)c4)cc3C23N=C(N)N(C)O3)CC1OC.COC1CCC2(CC1)Cc1ccc(-c3cc(F)cc(Cl)c3)cc1C21CC(=O)N(C)C(N)=N1. The van der Waals surface area contributed by atoms with E-state index in [-0.39, 0.29) is 58.7 Å². The summed E-state index contributed by atoms with van der Waals surface area (Å²) in [6, 6.07) is 43.0. The van der Waals surface area contributed by atoms with Crippen molar-refractivity contribution in [1.82, 2.24) is 15.0 Å². The van der Waals surface area contributed by atoms with Crippen molar-refractivity contribution in [2.75, 3.05) is 42.5 Å². The highest BCUT2D eigenvalue weighted by atomic mass is 35.5. The summed E-state index contributed by atoms with van der Waals surface area (Å²) < 4.78 is 45.9. The van der Waals surface area contributed by atoms with Gasteiger partial charge >= 0.3 is 0 Å². The molecule has 3 aliphatic heterocycles. The Morgan fingerprint density at radius 1 is 0.559 bits per heavy atom. The smallest absolute Gasteiger partial charge is 0.231 e. The predicted molar refractivity (Wildman–Crippen MR) is 352 cm³/mol. The van der Waals surface area contributed by atoms with Crippen molar-refractivity contribution in [3.05, 3.63) is 177 Å². The van der Waals surface area contributed by atoms with E-state index < -0.39 is 22.7 Å². The van der Waals surface area contributed by atoms with Gasteiger partial charge in [0.05, 0.1) is 48.0 Å². The number of rotatable bonds is 6. The molecule has 93 heavy (non-hydrogen) atoms. The van der Waals surface area contributed by atoms with Gasteiger partial charge in [-0.25, -0.2) is 43.6 Å². The Bertz CT molecular complexity index is 4130. The molecule has 0 saturated heterocycles. The molecular formula is C73H78ClF2N11O6. The van der Waals surface area contributed by atoms with Gasteiger partial charge < -0.3 is 31.4 Å². The predicted octanol–water partition coefficient (Wildman–Crippen LogP) is 12.0. The first kappa shape index (κ1) is 63.5. The summed E-state index contributed by atoms with van der Waals surface area (Å²) in [5.41, 5.74) is 27.5. The number of guanidine groups is 3. The van der Waals surface area contributed by atoms with E-state index in [9.17, 15) is 24.1 Å². The van der Waals surface area contributed by atoms with Gasteiger partial charge in [0, 0.05) is 74.9 Å². The highest BCUT2D eigenvalue weighted by Gasteiger charge is 2.68.